The molecule has 0 radical (unpaired) electrons. The largest absolute Gasteiger partial charge is 0.493 e. The maximum absolute atomic E-state index is 12.6. The van der Waals surface area contributed by atoms with Crippen molar-refractivity contribution in [3.63, 3.8) is 0 Å². The molecule has 1 amide bonds. The highest BCUT2D eigenvalue weighted by Crippen LogP contribution is 2.29. The quantitative estimate of drug-likeness (QED) is 0.530. The van der Waals surface area contributed by atoms with Gasteiger partial charge in [-0.05, 0) is 77.5 Å². The van der Waals surface area contributed by atoms with Crippen LogP contribution in [0.4, 0.5) is 11.4 Å². The second-order valence-corrected chi connectivity index (χ2v) is 8.41. The molecule has 0 aliphatic carbocycles. The number of sulfonamides is 1. The summed E-state index contributed by atoms with van der Waals surface area (Å²) in [5.41, 5.74) is 1.13. The molecule has 0 bridgehead atoms. The third kappa shape index (κ3) is 5.33. The first-order valence-corrected chi connectivity index (χ1v) is 10.9. The van der Waals surface area contributed by atoms with Crippen molar-refractivity contribution in [1.29, 1.82) is 0 Å². The second kappa shape index (κ2) is 9.06. The lowest BCUT2D eigenvalue weighted by molar-refractivity contribution is 0.102. The molecule has 9 heteroatoms. The van der Waals surface area contributed by atoms with Gasteiger partial charge in [0.2, 0.25) is 0 Å². The molecule has 7 nitrogen and oxygen atoms in total. The highest BCUT2D eigenvalue weighted by atomic mass is 79.9. The number of hydrogen-bond acceptors (Lipinski definition) is 5. The lowest BCUT2D eigenvalue weighted by Gasteiger charge is -2.11. The molecule has 3 aromatic rings. The van der Waals surface area contributed by atoms with Crippen LogP contribution in [-0.4, -0.2) is 25.9 Å². The number of benzene rings is 2. The Morgan fingerprint density at radius 1 is 1.07 bits per heavy atom. The van der Waals surface area contributed by atoms with Gasteiger partial charge in [-0.25, -0.2) is 8.42 Å². The van der Waals surface area contributed by atoms with Crippen LogP contribution in [0.1, 0.15) is 17.4 Å². The smallest absolute Gasteiger partial charge is 0.274 e. The molecule has 0 saturated carbocycles. The van der Waals surface area contributed by atoms with Gasteiger partial charge in [-0.1, -0.05) is 6.07 Å². The van der Waals surface area contributed by atoms with Gasteiger partial charge in [-0.2, -0.15) is 0 Å². The lowest BCUT2D eigenvalue weighted by Crippen LogP contribution is -2.15. The Bertz CT molecular complexity index is 1100. The Balaban J connectivity index is 1.71. The number of aromatic nitrogens is 1. The average molecular weight is 476 g/mol. The SMILES string of the molecule is CCOc1ccc(NS(=O)(=O)c2ccc(NC(=O)c3ccccn3)cc2)cc1Br. The first kappa shape index (κ1) is 20.8. The third-order valence-electron chi connectivity index (χ3n) is 3.80. The maximum Gasteiger partial charge on any atom is 0.274 e. The average Bonchev–Trinajstić information content (AvgIpc) is 2.71. The number of ether oxygens (including phenoxy) is 1. The molecule has 150 valence electrons. The van der Waals surface area contributed by atoms with Gasteiger partial charge < -0.3 is 10.1 Å². The monoisotopic (exact) mass is 475 g/mol. The molecule has 0 spiro atoms. The van der Waals surface area contributed by atoms with Gasteiger partial charge in [0.25, 0.3) is 15.9 Å². The van der Waals surface area contributed by atoms with Crippen molar-refractivity contribution >= 4 is 43.2 Å². The van der Waals surface area contributed by atoms with Gasteiger partial charge in [0.1, 0.15) is 11.4 Å². The van der Waals surface area contributed by atoms with Crippen LogP contribution in [0.5, 0.6) is 5.75 Å². The van der Waals surface area contributed by atoms with E-state index < -0.39 is 10.0 Å². The molecule has 1 heterocycles. The number of nitrogens with zero attached hydrogens (tertiary/aromatic N) is 1. The first-order chi connectivity index (χ1) is 13.9. The van der Waals surface area contributed by atoms with Gasteiger partial charge in [0.15, 0.2) is 0 Å². The standard InChI is InChI=1S/C20H18BrN3O4S/c1-2-28-19-11-8-15(13-17(19)21)24-29(26,27)16-9-6-14(7-10-16)23-20(25)18-5-3-4-12-22-18/h3-13,24H,2H2,1H3,(H,23,25). The van der Waals surface area contributed by atoms with Gasteiger partial charge >= 0.3 is 0 Å². The van der Waals surface area contributed by atoms with Crippen molar-refractivity contribution < 1.29 is 17.9 Å². The number of rotatable bonds is 7. The van der Waals surface area contributed by atoms with E-state index in [2.05, 4.69) is 31.0 Å². The van der Waals surface area contributed by atoms with Crippen LogP contribution >= 0.6 is 15.9 Å². The highest BCUT2D eigenvalue weighted by Gasteiger charge is 2.15. The van der Waals surface area contributed by atoms with Crippen LogP contribution in [0.3, 0.4) is 0 Å². The summed E-state index contributed by atoms with van der Waals surface area (Å²) in [5, 5.41) is 2.68. The number of amides is 1. The van der Waals surface area contributed by atoms with Crippen LogP contribution in [0.15, 0.2) is 76.2 Å². The Hall–Kier alpha value is -2.91. The number of halogens is 1. The normalized spacial score (nSPS) is 11.0. The Morgan fingerprint density at radius 2 is 1.79 bits per heavy atom. The van der Waals surface area contributed by atoms with Crippen LogP contribution in [-0.2, 0) is 10.0 Å². The van der Waals surface area contributed by atoms with E-state index in [1.165, 1.54) is 30.5 Å². The Kier molecular flexibility index (Phi) is 6.50. The summed E-state index contributed by atoms with van der Waals surface area (Å²) >= 11 is 3.36. The Labute approximate surface area is 177 Å². The molecule has 2 N–H and O–H groups in total. The minimum absolute atomic E-state index is 0.0679. The van der Waals surface area contributed by atoms with E-state index >= 15 is 0 Å². The summed E-state index contributed by atoms with van der Waals surface area (Å²) in [4.78, 5) is 16.2. The van der Waals surface area contributed by atoms with Gasteiger partial charge in [-0.3, -0.25) is 14.5 Å². The van der Waals surface area contributed by atoms with E-state index in [0.29, 0.717) is 28.2 Å². The zero-order chi connectivity index (χ0) is 20.9. The number of anilines is 2. The predicted octanol–water partition coefficient (Wildman–Crippen LogP) is 4.30. The highest BCUT2D eigenvalue weighted by molar-refractivity contribution is 9.10. The first-order valence-electron chi connectivity index (χ1n) is 8.66. The van der Waals surface area contributed by atoms with Crippen LogP contribution < -0.4 is 14.8 Å². The summed E-state index contributed by atoms with van der Waals surface area (Å²) < 4.78 is 33.8. The van der Waals surface area contributed by atoms with Crippen molar-refractivity contribution in [2.45, 2.75) is 11.8 Å². The fourth-order valence-electron chi connectivity index (χ4n) is 2.46. The van der Waals surface area contributed by atoms with Gasteiger partial charge in [0.05, 0.1) is 21.7 Å². The molecule has 1 aromatic heterocycles. The van der Waals surface area contributed by atoms with E-state index in [1.54, 1.807) is 36.4 Å². The molecule has 29 heavy (non-hydrogen) atoms. The zero-order valence-electron chi connectivity index (χ0n) is 15.4. The molecule has 0 saturated heterocycles. The number of carbonyl (C=O) groups is 1. The van der Waals surface area contributed by atoms with Gasteiger partial charge in [0, 0.05) is 11.9 Å². The number of nitrogens with one attached hydrogen (secondary N) is 2. The third-order valence-corrected chi connectivity index (χ3v) is 5.82. The van der Waals surface area contributed by atoms with E-state index in [4.69, 9.17) is 4.74 Å². The predicted molar refractivity (Wildman–Crippen MR) is 115 cm³/mol. The van der Waals surface area contributed by atoms with Crippen molar-refractivity contribution in [3.8, 4) is 5.75 Å². The molecular weight excluding hydrogens is 458 g/mol. The van der Waals surface area contributed by atoms with Crippen molar-refractivity contribution in [2.24, 2.45) is 0 Å². The fraction of sp³-hybridized carbons (Fsp3) is 0.100. The molecule has 0 aliphatic heterocycles. The van der Waals surface area contributed by atoms with Crippen molar-refractivity contribution in [3.05, 3.63) is 77.0 Å². The van der Waals surface area contributed by atoms with Crippen LogP contribution in [0, 0.1) is 0 Å². The number of hydrogen-bond donors (Lipinski definition) is 2. The minimum Gasteiger partial charge on any atom is -0.493 e. The molecule has 0 fully saturated rings. The second-order valence-electron chi connectivity index (χ2n) is 5.88. The summed E-state index contributed by atoms with van der Waals surface area (Å²) in [7, 11) is -3.79. The summed E-state index contributed by atoms with van der Waals surface area (Å²) in [6.45, 7) is 2.37. The lowest BCUT2D eigenvalue weighted by atomic mass is 10.3. The molecule has 0 aliphatic rings. The topological polar surface area (TPSA) is 97.4 Å². The molecular formula is C20H18BrN3O4S. The van der Waals surface area contributed by atoms with Crippen molar-refractivity contribution in [2.75, 3.05) is 16.6 Å². The number of pyridine rings is 1. The number of carbonyl (C=O) groups excluding carboxylic acids is 1. The fourth-order valence-corrected chi connectivity index (χ4v) is 4.00. The van der Waals surface area contributed by atoms with Crippen molar-refractivity contribution in [1.82, 2.24) is 4.98 Å². The molecule has 3 rings (SSSR count). The van der Waals surface area contributed by atoms with Crippen LogP contribution in [0.25, 0.3) is 0 Å². The summed E-state index contributed by atoms with van der Waals surface area (Å²) in [6, 6.07) is 15.8. The summed E-state index contributed by atoms with van der Waals surface area (Å²) in [5.74, 6) is 0.252. The Morgan fingerprint density at radius 3 is 2.41 bits per heavy atom. The minimum atomic E-state index is -3.79. The molecule has 0 unspecified atom stereocenters. The van der Waals surface area contributed by atoms with E-state index in [-0.39, 0.29) is 16.5 Å². The van der Waals surface area contributed by atoms with Gasteiger partial charge in [-0.15, -0.1) is 0 Å². The summed E-state index contributed by atoms with van der Waals surface area (Å²) in [6.07, 6.45) is 1.52. The van der Waals surface area contributed by atoms with E-state index in [0.717, 1.165) is 0 Å². The maximum atomic E-state index is 12.6. The van der Waals surface area contributed by atoms with E-state index in [1.807, 2.05) is 6.92 Å². The molecule has 2 aromatic carbocycles. The van der Waals surface area contributed by atoms with E-state index in [9.17, 15) is 13.2 Å². The zero-order valence-corrected chi connectivity index (χ0v) is 17.8. The molecule has 0 atom stereocenters. The van der Waals surface area contributed by atoms with Crippen LogP contribution in [0.2, 0.25) is 0 Å².